The first-order valence-electron chi connectivity index (χ1n) is 9.83. The summed E-state index contributed by atoms with van der Waals surface area (Å²) in [4.78, 5) is 28.9. The normalized spacial score (nSPS) is 12.2. The Kier molecular flexibility index (Phi) is 6.73. The first-order valence-corrected chi connectivity index (χ1v) is 9.83. The molecule has 0 spiro atoms. The van der Waals surface area contributed by atoms with Crippen molar-refractivity contribution in [3.05, 3.63) is 63.4 Å². The second-order valence-electron chi connectivity index (χ2n) is 7.58. The zero-order valence-electron chi connectivity index (χ0n) is 17.7. The van der Waals surface area contributed by atoms with E-state index in [4.69, 9.17) is 4.74 Å². The number of carboxylic acid groups (broad SMARTS) is 1. The minimum Gasteiger partial charge on any atom is -0.479 e. The topological polar surface area (TPSA) is 114 Å². The van der Waals surface area contributed by atoms with Crippen LogP contribution in [0.2, 0.25) is 0 Å². The molecule has 32 heavy (non-hydrogen) atoms. The Hall–Kier alpha value is -3.53. The van der Waals surface area contributed by atoms with Gasteiger partial charge in [-0.15, -0.1) is 0 Å². The molecule has 0 aliphatic carbocycles. The fraction of sp³-hybridized carbons (Fsp3) is 0.318. The number of aliphatic hydroxyl groups is 1. The number of aromatic nitrogens is 2. The van der Waals surface area contributed by atoms with Crippen molar-refractivity contribution in [2.45, 2.75) is 26.4 Å². The van der Waals surface area contributed by atoms with E-state index in [0.29, 0.717) is 0 Å². The van der Waals surface area contributed by atoms with E-state index in [2.05, 4.69) is 10.3 Å². The highest BCUT2D eigenvalue weighted by Gasteiger charge is 2.23. The third-order valence-corrected chi connectivity index (χ3v) is 5.18. The average Bonchev–Trinajstić information content (AvgIpc) is 2.75. The van der Waals surface area contributed by atoms with Crippen LogP contribution in [0.25, 0.3) is 11.0 Å². The van der Waals surface area contributed by atoms with Crippen LogP contribution in [0, 0.1) is 17.6 Å². The smallest absolute Gasteiger partial charge is 0.341 e. The Morgan fingerprint density at radius 2 is 2.00 bits per heavy atom. The molecule has 0 aliphatic heterocycles. The quantitative estimate of drug-likeness (QED) is 0.486. The molecule has 3 N–H and O–H groups in total. The van der Waals surface area contributed by atoms with Gasteiger partial charge in [0.05, 0.1) is 30.8 Å². The fourth-order valence-electron chi connectivity index (χ4n) is 3.43. The van der Waals surface area contributed by atoms with Crippen LogP contribution in [0.4, 0.5) is 14.5 Å². The number of hydrogen-bond acceptors (Lipinski definition) is 6. The van der Waals surface area contributed by atoms with Crippen molar-refractivity contribution in [3.8, 4) is 5.88 Å². The molecule has 0 aliphatic rings. The summed E-state index contributed by atoms with van der Waals surface area (Å²) in [5.41, 5.74) is -0.874. The minimum atomic E-state index is -1.42. The van der Waals surface area contributed by atoms with Crippen LogP contribution in [-0.2, 0) is 6.54 Å². The molecule has 3 aromatic rings. The van der Waals surface area contributed by atoms with Gasteiger partial charge in [-0.3, -0.25) is 4.79 Å². The van der Waals surface area contributed by atoms with Gasteiger partial charge in [0.1, 0.15) is 22.8 Å². The number of benzene rings is 1. The Bertz CT molecular complexity index is 1230. The van der Waals surface area contributed by atoms with Gasteiger partial charge in [-0.1, -0.05) is 13.8 Å². The lowest BCUT2D eigenvalue weighted by molar-refractivity contribution is 0.0694. The molecule has 2 aromatic heterocycles. The summed E-state index contributed by atoms with van der Waals surface area (Å²) in [6.07, 6.45) is 1.16. The summed E-state index contributed by atoms with van der Waals surface area (Å²) >= 11 is 0. The van der Waals surface area contributed by atoms with Gasteiger partial charge < -0.3 is 24.8 Å². The molecule has 1 atom stereocenters. The SMILES string of the molecule is COc1nc2c(cc1NCc1cc(F)ccc1F)c(=O)c(C(=O)O)cn2C(CO)C(C)C. The number of halogens is 2. The Morgan fingerprint density at radius 3 is 2.59 bits per heavy atom. The van der Waals surface area contributed by atoms with Crippen molar-refractivity contribution in [2.24, 2.45) is 5.92 Å². The van der Waals surface area contributed by atoms with Gasteiger partial charge in [0.15, 0.2) is 0 Å². The van der Waals surface area contributed by atoms with E-state index >= 15 is 0 Å². The summed E-state index contributed by atoms with van der Waals surface area (Å²) in [5.74, 6) is -2.69. The summed E-state index contributed by atoms with van der Waals surface area (Å²) in [6.45, 7) is 3.24. The van der Waals surface area contributed by atoms with Gasteiger partial charge in [-0.2, -0.15) is 4.98 Å². The molecule has 1 aromatic carbocycles. The molecule has 0 saturated carbocycles. The number of aliphatic hydroxyl groups excluding tert-OH is 1. The molecule has 170 valence electrons. The lowest BCUT2D eigenvalue weighted by Crippen LogP contribution is -2.26. The van der Waals surface area contributed by atoms with Gasteiger partial charge in [0.25, 0.3) is 0 Å². The molecular weight excluding hydrogens is 424 g/mol. The number of nitrogens with zero attached hydrogens (tertiary/aromatic N) is 2. The number of anilines is 1. The van der Waals surface area contributed by atoms with Crippen LogP contribution >= 0.6 is 0 Å². The van der Waals surface area contributed by atoms with Crippen molar-refractivity contribution < 1.29 is 28.5 Å². The molecule has 8 nitrogen and oxygen atoms in total. The number of aromatic carboxylic acids is 1. The van der Waals surface area contributed by atoms with Gasteiger partial charge in [-0.25, -0.2) is 13.6 Å². The maximum absolute atomic E-state index is 14.0. The number of fused-ring (bicyclic) bond motifs is 1. The van der Waals surface area contributed by atoms with Crippen molar-refractivity contribution in [2.75, 3.05) is 19.0 Å². The first kappa shape index (κ1) is 23.1. The summed E-state index contributed by atoms with van der Waals surface area (Å²) in [6, 6.07) is 3.85. The molecule has 0 amide bonds. The predicted octanol–water partition coefficient (Wildman–Crippen LogP) is 3.18. The third kappa shape index (κ3) is 4.40. The lowest BCUT2D eigenvalue weighted by Gasteiger charge is -2.24. The number of methoxy groups -OCH3 is 1. The largest absolute Gasteiger partial charge is 0.479 e. The zero-order chi connectivity index (χ0) is 23.6. The van der Waals surface area contributed by atoms with E-state index in [1.807, 2.05) is 13.8 Å². The van der Waals surface area contributed by atoms with Gasteiger partial charge in [0, 0.05) is 18.3 Å². The highest BCUT2D eigenvalue weighted by molar-refractivity contribution is 5.93. The number of carbonyl (C=O) groups is 1. The van der Waals surface area contributed by atoms with E-state index in [-0.39, 0.29) is 47.2 Å². The molecule has 0 saturated heterocycles. The third-order valence-electron chi connectivity index (χ3n) is 5.18. The number of pyridine rings is 2. The van der Waals surface area contributed by atoms with Gasteiger partial charge in [-0.05, 0) is 30.2 Å². The van der Waals surface area contributed by atoms with Gasteiger partial charge >= 0.3 is 5.97 Å². The Labute approximate surface area is 182 Å². The number of nitrogens with one attached hydrogen (secondary N) is 1. The molecule has 0 bridgehead atoms. The summed E-state index contributed by atoms with van der Waals surface area (Å²) in [5, 5.41) is 22.2. The van der Waals surface area contributed by atoms with Crippen LogP contribution in [0.5, 0.6) is 5.88 Å². The van der Waals surface area contributed by atoms with E-state index in [1.54, 1.807) is 0 Å². The highest BCUT2D eigenvalue weighted by atomic mass is 19.1. The average molecular weight is 447 g/mol. The predicted molar refractivity (Wildman–Crippen MR) is 114 cm³/mol. The van der Waals surface area contributed by atoms with Crippen LogP contribution < -0.4 is 15.5 Å². The number of carboxylic acids is 1. The van der Waals surface area contributed by atoms with E-state index in [0.717, 1.165) is 24.4 Å². The van der Waals surface area contributed by atoms with Crippen LogP contribution in [0.1, 0.15) is 35.8 Å². The number of rotatable bonds is 8. The fourth-order valence-corrected chi connectivity index (χ4v) is 3.43. The molecule has 10 heteroatoms. The molecule has 2 heterocycles. The van der Waals surface area contributed by atoms with E-state index in [1.165, 1.54) is 17.7 Å². The molecule has 3 rings (SSSR count). The monoisotopic (exact) mass is 447 g/mol. The zero-order valence-corrected chi connectivity index (χ0v) is 17.7. The van der Waals surface area contributed by atoms with Gasteiger partial charge in [0.2, 0.25) is 11.3 Å². The van der Waals surface area contributed by atoms with E-state index in [9.17, 15) is 28.6 Å². The molecule has 0 fully saturated rings. The molecule has 0 radical (unpaired) electrons. The van der Waals surface area contributed by atoms with Crippen molar-refractivity contribution in [3.63, 3.8) is 0 Å². The maximum Gasteiger partial charge on any atom is 0.341 e. The Morgan fingerprint density at radius 1 is 1.28 bits per heavy atom. The minimum absolute atomic E-state index is 0.0213. The van der Waals surface area contributed by atoms with Crippen LogP contribution in [0.15, 0.2) is 35.3 Å². The van der Waals surface area contributed by atoms with Crippen LogP contribution in [0.3, 0.4) is 0 Å². The number of hydrogen-bond donors (Lipinski definition) is 3. The number of ether oxygens (including phenoxy) is 1. The Balaban J connectivity index is 2.19. The second-order valence-corrected chi connectivity index (χ2v) is 7.58. The molecule has 1 unspecified atom stereocenters. The second kappa shape index (κ2) is 9.31. The van der Waals surface area contributed by atoms with Crippen molar-refractivity contribution >= 4 is 22.7 Å². The van der Waals surface area contributed by atoms with Crippen LogP contribution in [-0.4, -0.2) is 39.5 Å². The van der Waals surface area contributed by atoms with E-state index < -0.39 is 34.6 Å². The van der Waals surface area contributed by atoms with Crippen molar-refractivity contribution in [1.82, 2.24) is 9.55 Å². The highest BCUT2D eigenvalue weighted by Crippen LogP contribution is 2.29. The lowest BCUT2D eigenvalue weighted by atomic mass is 10.0. The maximum atomic E-state index is 14.0. The molecular formula is C22H23F2N3O5. The first-order chi connectivity index (χ1) is 15.2. The summed E-state index contributed by atoms with van der Waals surface area (Å²) in [7, 11) is 1.35. The summed E-state index contributed by atoms with van der Waals surface area (Å²) < 4.78 is 34.2. The van der Waals surface area contributed by atoms with Crippen molar-refractivity contribution in [1.29, 1.82) is 0 Å². The standard InChI is InChI=1S/C22H23F2N3O5/c1-11(2)18(10-28)27-9-15(22(30)31)19(29)14-7-17(21(32-3)26-20(14)27)25-8-12-6-13(23)4-5-16(12)24/h4-7,9,11,18,25,28H,8,10H2,1-3H3,(H,30,31).